The van der Waals surface area contributed by atoms with E-state index in [0.29, 0.717) is 63.4 Å². The Hall–Kier alpha value is -10.6. The molecule has 0 saturated carbocycles. The van der Waals surface area contributed by atoms with Crippen LogP contribution in [-0.2, 0) is 39.6 Å². The molecule has 82 heavy (non-hydrogen) atoms. The van der Waals surface area contributed by atoms with Gasteiger partial charge in [-0.2, -0.15) is 0 Å². The summed E-state index contributed by atoms with van der Waals surface area (Å²) in [4.78, 5) is 29.7. The second-order valence-corrected chi connectivity index (χ2v) is 19.6. The smallest absolute Gasteiger partial charge is 0.197 e. The SMILES string of the molecule is O=c1cc(-c2ccc(OCc3ccccc3)c(-c3c(OCc4ccccc4)cc(OCc4ccccc4)c4c(=O)cc(-c5ccc(OCc6ccccc6)cc5)oc34)c2)oc2cc(OCc3ccccc3)cc(OCc3ccccc3)c12. The van der Waals surface area contributed by atoms with Crippen LogP contribution in [0.3, 0.4) is 0 Å². The average molecular weight is 1080 g/mol. The van der Waals surface area contributed by atoms with Crippen LogP contribution in [0.5, 0.6) is 34.5 Å². The topological polar surface area (TPSA) is 116 Å². The Balaban J connectivity index is 1.03. The summed E-state index contributed by atoms with van der Waals surface area (Å²) < 4.78 is 53.1. The molecular formula is C72H54O10. The third kappa shape index (κ3) is 12.3. The molecular weight excluding hydrogens is 1020 g/mol. The van der Waals surface area contributed by atoms with Gasteiger partial charge in [0.25, 0.3) is 0 Å². The van der Waals surface area contributed by atoms with Crippen molar-refractivity contribution in [3.05, 3.63) is 309 Å². The Bertz CT molecular complexity index is 4230. The molecule has 0 saturated heterocycles. The van der Waals surface area contributed by atoms with Crippen molar-refractivity contribution in [3.8, 4) is 68.3 Å². The standard InChI is InChI=1S/C72H54O10/c73-60-40-64(81-68-39-58(76-44-50-21-9-2-10-22-50)38-65(70(60)68)78-46-52-25-13-4-14-26-52)56-33-36-62(77-45-51-23-11-3-12-24-51)59(37-56)69-66(79-47-53-27-15-5-16-28-53)42-67(80-48-54-29-17-6-18-30-54)71-61(74)41-63(82-72(69)71)55-31-34-57(35-32-55)75-43-49-19-7-1-8-20-49/h1-42H,43-48H2. The zero-order valence-electron chi connectivity index (χ0n) is 44.6. The van der Waals surface area contributed by atoms with Gasteiger partial charge in [-0.3, -0.25) is 9.59 Å². The lowest BCUT2D eigenvalue weighted by molar-refractivity contribution is 0.291. The van der Waals surface area contributed by atoms with Crippen LogP contribution in [0.4, 0.5) is 0 Å². The highest BCUT2D eigenvalue weighted by molar-refractivity contribution is 6.02. The predicted molar refractivity (Wildman–Crippen MR) is 319 cm³/mol. The van der Waals surface area contributed by atoms with Gasteiger partial charge in [-0.25, -0.2) is 0 Å². The fourth-order valence-corrected chi connectivity index (χ4v) is 9.61. The first-order valence-electron chi connectivity index (χ1n) is 27.0. The highest BCUT2D eigenvalue weighted by atomic mass is 16.5. The summed E-state index contributed by atoms with van der Waals surface area (Å²) in [6.07, 6.45) is 0. The predicted octanol–water partition coefficient (Wildman–Crippen LogP) is 16.4. The van der Waals surface area contributed by atoms with E-state index in [1.807, 2.05) is 224 Å². The zero-order chi connectivity index (χ0) is 55.5. The first-order valence-corrected chi connectivity index (χ1v) is 27.0. The summed E-state index contributed by atoms with van der Waals surface area (Å²) in [5.74, 6) is 2.98. The van der Waals surface area contributed by atoms with Crippen molar-refractivity contribution < 1.29 is 37.3 Å². The molecule has 0 atom stereocenters. The Morgan fingerprint density at radius 1 is 0.293 bits per heavy atom. The molecule has 10 aromatic carbocycles. The number of ether oxygens (including phenoxy) is 6. The molecule has 0 aliphatic carbocycles. The molecule has 0 fully saturated rings. The van der Waals surface area contributed by atoms with Crippen molar-refractivity contribution in [3.63, 3.8) is 0 Å². The lowest BCUT2D eigenvalue weighted by Crippen LogP contribution is -2.08. The van der Waals surface area contributed by atoms with Crippen LogP contribution < -0.4 is 39.3 Å². The van der Waals surface area contributed by atoms with E-state index >= 15 is 4.79 Å². The van der Waals surface area contributed by atoms with Crippen molar-refractivity contribution in [1.82, 2.24) is 0 Å². The Labute approximate surface area is 473 Å². The Kier molecular flexibility index (Phi) is 15.6. The van der Waals surface area contributed by atoms with Gasteiger partial charge in [-0.1, -0.05) is 182 Å². The molecule has 2 aromatic heterocycles. The summed E-state index contributed by atoms with van der Waals surface area (Å²) in [6, 6.07) is 79.9. The average Bonchev–Trinajstić information content (AvgIpc) is 3.72. The van der Waals surface area contributed by atoms with Gasteiger partial charge >= 0.3 is 0 Å². The van der Waals surface area contributed by atoms with Crippen LogP contribution in [0.1, 0.15) is 33.4 Å². The third-order valence-corrected chi connectivity index (χ3v) is 13.8. The molecule has 10 nitrogen and oxygen atoms in total. The maximum Gasteiger partial charge on any atom is 0.197 e. The van der Waals surface area contributed by atoms with Gasteiger partial charge in [-0.05, 0) is 75.8 Å². The van der Waals surface area contributed by atoms with E-state index in [0.717, 1.165) is 33.4 Å². The normalized spacial score (nSPS) is 11.1. The van der Waals surface area contributed by atoms with Crippen LogP contribution >= 0.6 is 0 Å². The van der Waals surface area contributed by atoms with Crippen LogP contribution in [0.25, 0.3) is 55.7 Å². The van der Waals surface area contributed by atoms with E-state index in [-0.39, 0.29) is 77.3 Å². The molecule has 12 aromatic rings. The molecule has 0 amide bonds. The summed E-state index contributed by atoms with van der Waals surface area (Å²) in [5, 5.41) is 0.445. The molecule has 0 aliphatic heterocycles. The molecule has 12 rings (SSSR count). The van der Waals surface area contributed by atoms with Crippen molar-refractivity contribution >= 4 is 21.9 Å². The number of benzene rings is 10. The van der Waals surface area contributed by atoms with E-state index in [4.69, 9.17) is 37.3 Å². The number of rotatable bonds is 21. The molecule has 10 heteroatoms. The van der Waals surface area contributed by atoms with Crippen molar-refractivity contribution in [2.24, 2.45) is 0 Å². The van der Waals surface area contributed by atoms with Crippen molar-refractivity contribution in [1.29, 1.82) is 0 Å². The summed E-state index contributed by atoms with van der Waals surface area (Å²) in [7, 11) is 0. The molecule has 0 aliphatic rings. The quantitative estimate of drug-likeness (QED) is 0.0689. The van der Waals surface area contributed by atoms with Gasteiger partial charge in [0.05, 0.1) is 5.56 Å². The first-order chi connectivity index (χ1) is 40.4. The van der Waals surface area contributed by atoms with E-state index in [9.17, 15) is 4.79 Å². The Morgan fingerprint density at radius 3 is 1.17 bits per heavy atom. The monoisotopic (exact) mass is 1080 g/mol. The lowest BCUT2D eigenvalue weighted by Gasteiger charge is -2.20. The molecule has 402 valence electrons. The molecule has 0 bridgehead atoms. The van der Waals surface area contributed by atoms with Gasteiger partial charge in [0, 0.05) is 47.0 Å². The van der Waals surface area contributed by atoms with Crippen molar-refractivity contribution in [2.45, 2.75) is 39.6 Å². The minimum absolute atomic E-state index is 0.147. The highest BCUT2D eigenvalue weighted by Gasteiger charge is 2.26. The maximum atomic E-state index is 15.1. The Morgan fingerprint density at radius 2 is 0.683 bits per heavy atom. The second-order valence-electron chi connectivity index (χ2n) is 19.6. The lowest BCUT2D eigenvalue weighted by atomic mass is 9.96. The van der Waals surface area contributed by atoms with Gasteiger partial charge < -0.3 is 37.3 Å². The highest BCUT2D eigenvalue weighted by Crippen LogP contribution is 2.48. The fourth-order valence-electron chi connectivity index (χ4n) is 9.61. The van der Waals surface area contributed by atoms with Crippen LogP contribution in [0.15, 0.2) is 273 Å². The molecule has 0 unspecified atom stereocenters. The minimum Gasteiger partial charge on any atom is -0.489 e. The number of fused-ring (bicyclic) bond motifs is 2. The second kappa shape index (κ2) is 24.6. The van der Waals surface area contributed by atoms with Gasteiger partial charge in [0.1, 0.15) is 102 Å². The third-order valence-electron chi connectivity index (χ3n) is 13.8. The molecule has 0 radical (unpaired) electrons. The van der Waals surface area contributed by atoms with Gasteiger partial charge in [-0.15, -0.1) is 0 Å². The summed E-state index contributed by atoms with van der Waals surface area (Å²) in [5.41, 5.74) is 7.43. The number of hydrogen-bond acceptors (Lipinski definition) is 10. The van der Waals surface area contributed by atoms with Crippen LogP contribution in [0, 0.1) is 0 Å². The molecule has 2 heterocycles. The number of hydrogen-bond donors (Lipinski definition) is 0. The summed E-state index contributed by atoms with van der Waals surface area (Å²) in [6.45, 7) is 1.36. The van der Waals surface area contributed by atoms with Gasteiger partial charge in [0.15, 0.2) is 16.4 Å². The minimum atomic E-state index is -0.349. The molecule has 0 N–H and O–H groups in total. The maximum absolute atomic E-state index is 15.1. The largest absolute Gasteiger partial charge is 0.489 e. The summed E-state index contributed by atoms with van der Waals surface area (Å²) >= 11 is 0. The van der Waals surface area contributed by atoms with E-state index in [2.05, 4.69) is 0 Å². The van der Waals surface area contributed by atoms with Gasteiger partial charge in [0.2, 0.25) is 0 Å². The van der Waals surface area contributed by atoms with E-state index < -0.39 is 0 Å². The first kappa shape index (κ1) is 52.1. The van der Waals surface area contributed by atoms with Crippen LogP contribution in [-0.4, -0.2) is 0 Å². The van der Waals surface area contributed by atoms with E-state index in [1.54, 1.807) is 18.2 Å². The van der Waals surface area contributed by atoms with Crippen LogP contribution in [0.2, 0.25) is 0 Å². The van der Waals surface area contributed by atoms with E-state index in [1.165, 1.54) is 12.1 Å². The zero-order valence-corrected chi connectivity index (χ0v) is 44.6. The molecule has 0 spiro atoms. The van der Waals surface area contributed by atoms with Crippen molar-refractivity contribution in [2.75, 3.05) is 0 Å². The fraction of sp³-hybridized carbons (Fsp3) is 0.0833.